The van der Waals surface area contributed by atoms with E-state index >= 15 is 0 Å². The van der Waals surface area contributed by atoms with Crippen LogP contribution in [0.4, 0.5) is 0 Å². The average molecular weight is 295 g/mol. The number of amides is 1. The zero-order valence-corrected chi connectivity index (χ0v) is 12.4. The molecule has 1 unspecified atom stereocenters. The molecule has 0 bridgehead atoms. The van der Waals surface area contributed by atoms with Gasteiger partial charge in [0.2, 0.25) is 5.91 Å². The van der Waals surface area contributed by atoms with Crippen LogP contribution in [0.5, 0.6) is 0 Å². The Labute approximate surface area is 118 Å². The molecule has 0 saturated heterocycles. The van der Waals surface area contributed by atoms with Crippen molar-refractivity contribution in [1.29, 1.82) is 0 Å². The summed E-state index contributed by atoms with van der Waals surface area (Å²) in [5, 5.41) is 2.74. The predicted molar refractivity (Wildman–Crippen MR) is 76.0 cm³/mol. The molecule has 20 heavy (non-hydrogen) atoms. The number of hydrogen-bond acceptors (Lipinski definition) is 4. The first-order valence-electron chi connectivity index (χ1n) is 6.31. The number of rotatable bonds is 3. The second-order valence-corrected chi connectivity index (χ2v) is 6.57. The summed E-state index contributed by atoms with van der Waals surface area (Å²) in [6.07, 6.45) is 0. The van der Waals surface area contributed by atoms with E-state index in [0.29, 0.717) is 5.56 Å². The largest absolute Gasteiger partial charge is 0.352 e. The third kappa shape index (κ3) is 2.82. The molecule has 1 amide bonds. The van der Waals surface area contributed by atoms with Crippen molar-refractivity contribution in [1.82, 2.24) is 10.0 Å². The molecule has 0 radical (unpaired) electrons. The van der Waals surface area contributed by atoms with Crippen LogP contribution in [-0.4, -0.2) is 32.2 Å². The minimum atomic E-state index is -3.56. The highest BCUT2D eigenvalue weighted by atomic mass is 32.2. The fourth-order valence-corrected chi connectivity index (χ4v) is 3.13. The Morgan fingerprint density at radius 3 is 2.55 bits per heavy atom. The summed E-state index contributed by atoms with van der Waals surface area (Å²) in [5.41, 5.74) is 0.497. The Kier molecular flexibility index (Phi) is 3.80. The van der Waals surface area contributed by atoms with Gasteiger partial charge in [0.05, 0.1) is 4.90 Å². The number of nitrogens with zero attached hydrogens (tertiary/aromatic N) is 1. The van der Waals surface area contributed by atoms with Crippen LogP contribution in [0.2, 0.25) is 0 Å². The number of fused-ring (bicyclic) bond motifs is 1. The number of hydrogen-bond donors (Lipinski definition) is 2. The van der Waals surface area contributed by atoms with Crippen LogP contribution in [0, 0.1) is 0 Å². The lowest BCUT2D eigenvalue weighted by Gasteiger charge is -2.12. The number of nitrogens with one attached hydrogen (secondary N) is 2. The molecule has 0 aromatic heterocycles. The van der Waals surface area contributed by atoms with Crippen molar-refractivity contribution in [3.05, 3.63) is 29.8 Å². The molecule has 108 valence electrons. The molecular weight excluding hydrogens is 278 g/mol. The smallest absolute Gasteiger partial charge is 0.263 e. The lowest BCUT2D eigenvalue weighted by molar-refractivity contribution is -0.122. The highest BCUT2D eigenvalue weighted by Crippen LogP contribution is 2.22. The van der Waals surface area contributed by atoms with Crippen molar-refractivity contribution in [2.24, 2.45) is 4.99 Å². The molecule has 1 aliphatic rings. The van der Waals surface area contributed by atoms with Crippen LogP contribution in [0.1, 0.15) is 26.3 Å². The fraction of sp³-hybridized carbons (Fsp3) is 0.385. The van der Waals surface area contributed by atoms with E-state index in [1.807, 2.05) is 13.8 Å². The molecule has 1 atom stereocenters. The quantitative estimate of drug-likeness (QED) is 0.857. The molecule has 1 heterocycles. The molecule has 7 heteroatoms. The summed E-state index contributed by atoms with van der Waals surface area (Å²) < 4.78 is 26.2. The number of benzene rings is 1. The Morgan fingerprint density at radius 2 is 1.90 bits per heavy atom. The van der Waals surface area contributed by atoms with E-state index in [1.54, 1.807) is 25.1 Å². The minimum Gasteiger partial charge on any atom is -0.352 e. The molecular formula is C13H17N3O3S. The van der Waals surface area contributed by atoms with Crippen LogP contribution in [0.3, 0.4) is 0 Å². The van der Waals surface area contributed by atoms with E-state index in [0.717, 1.165) is 0 Å². The van der Waals surface area contributed by atoms with Gasteiger partial charge in [-0.25, -0.2) is 8.42 Å². The molecule has 1 aliphatic heterocycles. The van der Waals surface area contributed by atoms with Crippen molar-refractivity contribution >= 4 is 21.8 Å². The number of carbonyl (C=O) groups is 1. The second kappa shape index (κ2) is 5.24. The zero-order valence-electron chi connectivity index (χ0n) is 11.5. The predicted octanol–water partition coefficient (Wildman–Crippen LogP) is 0.638. The summed E-state index contributed by atoms with van der Waals surface area (Å²) >= 11 is 0. The Balaban J connectivity index is 2.31. The standard InChI is InChI=1S/C13H17N3O3S/c1-8(2)14-13(17)9(3)15-12-10-6-4-5-7-11(10)20(18,19)16-12/h4-9H,1-3H3,(H,14,17)(H,15,16). The van der Waals surface area contributed by atoms with Gasteiger partial charge in [-0.2, -0.15) is 0 Å². The Bertz CT molecular complexity index is 665. The maximum absolute atomic E-state index is 11.9. The lowest BCUT2D eigenvalue weighted by atomic mass is 10.2. The van der Waals surface area contributed by atoms with Gasteiger partial charge in [-0.05, 0) is 32.9 Å². The fourth-order valence-electron chi connectivity index (χ4n) is 1.89. The van der Waals surface area contributed by atoms with E-state index in [2.05, 4.69) is 15.0 Å². The lowest BCUT2D eigenvalue weighted by Crippen LogP contribution is -2.37. The highest BCUT2D eigenvalue weighted by Gasteiger charge is 2.31. The third-order valence-corrected chi connectivity index (χ3v) is 4.19. The first-order valence-corrected chi connectivity index (χ1v) is 7.80. The van der Waals surface area contributed by atoms with Gasteiger partial charge in [0.25, 0.3) is 10.0 Å². The minimum absolute atomic E-state index is 0.0118. The molecule has 2 rings (SSSR count). The van der Waals surface area contributed by atoms with Crippen LogP contribution < -0.4 is 10.0 Å². The van der Waals surface area contributed by atoms with Gasteiger partial charge in [0, 0.05) is 11.6 Å². The maximum Gasteiger partial charge on any atom is 0.263 e. The molecule has 0 fully saturated rings. The van der Waals surface area contributed by atoms with Crippen LogP contribution in [-0.2, 0) is 14.8 Å². The molecule has 0 aliphatic carbocycles. The van der Waals surface area contributed by atoms with E-state index < -0.39 is 16.1 Å². The van der Waals surface area contributed by atoms with Gasteiger partial charge in [-0.3, -0.25) is 14.5 Å². The SMILES string of the molecule is CC(C)NC(=O)C(C)N=C1NS(=O)(=O)c2ccccc21. The van der Waals surface area contributed by atoms with Crippen molar-refractivity contribution in [2.45, 2.75) is 37.8 Å². The number of sulfonamides is 1. The third-order valence-electron chi connectivity index (χ3n) is 2.80. The van der Waals surface area contributed by atoms with E-state index in [9.17, 15) is 13.2 Å². The van der Waals surface area contributed by atoms with Crippen molar-refractivity contribution in [3.8, 4) is 0 Å². The number of carbonyl (C=O) groups excluding carboxylic acids is 1. The van der Waals surface area contributed by atoms with Gasteiger partial charge < -0.3 is 5.32 Å². The monoisotopic (exact) mass is 295 g/mol. The first kappa shape index (κ1) is 14.5. The first-order chi connectivity index (χ1) is 9.31. The van der Waals surface area contributed by atoms with E-state index in [4.69, 9.17) is 0 Å². The molecule has 6 nitrogen and oxygen atoms in total. The molecule has 0 saturated carbocycles. The molecule has 1 aromatic carbocycles. The number of aliphatic imine (C=N–C) groups is 1. The van der Waals surface area contributed by atoms with Crippen molar-refractivity contribution in [2.75, 3.05) is 0 Å². The highest BCUT2D eigenvalue weighted by molar-refractivity contribution is 7.90. The Hall–Kier alpha value is -1.89. The van der Waals surface area contributed by atoms with Crippen molar-refractivity contribution < 1.29 is 13.2 Å². The topological polar surface area (TPSA) is 87.6 Å². The average Bonchev–Trinajstić information content (AvgIpc) is 2.61. The zero-order chi connectivity index (χ0) is 14.9. The maximum atomic E-state index is 11.9. The second-order valence-electron chi connectivity index (χ2n) is 4.92. The molecule has 1 aromatic rings. The molecule has 0 spiro atoms. The number of amidine groups is 1. The van der Waals surface area contributed by atoms with Gasteiger partial charge in [0.1, 0.15) is 11.9 Å². The van der Waals surface area contributed by atoms with Gasteiger partial charge in [-0.15, -0.1) is 0 Å². The van der Waals surface area contributed by atoms with Crippen molar-refractivity contribution in [3.63, 3.8) is 0 Å². The van der Waals surface area contributed by atoms with Gasteiger partial charge in [-0.1, -0.05) is 12.1 Å². The van der Waals surface area contributed by atoms with Crippen LogP contribution in [0.15, 0.2) is 34.2 Å². The van der Waals surface area contributed by atoms with E-state index in [-0.39, 0.29) is 22.7 Å². The van der Waals surface area contributed by atoms with Crippen LogP contribution in [0.25, 0.3) is 0 Å². The summed E-state index contributed by atoms with van der Waals surface area (Å²) in [5.74, 6) is -0.0249. The normalized spacial score (nSPS) is 19.5. The van der Waals surface area contributed by atoms with Gasteiger partial charge in [0.15, 0.2) is 0 Å². The summed E-state index contributed by atoms with van der Waals surface area (Å²) in [7, 11) is -3.56. The Morgan fingerprint density at radius 1 is 1.25 bits per heavy atom. The molecule has 2 N–H and O–H groups in total. The van der Waals surface area contributed by atoms with E-state index in [1.165, 1.54) is 6.07 Å². The summed E-state index contributed by atoms with van der Waals surface area (Å²) in [6, 6.07) is 5.91. The summed E-state index contributed by atoms with van der Waals surface area (Å²) in [4.78, 5) is 16.2. The summed E-state index contributed by atoms with van der Waals surface area (Å²) in [6.45, 7) is 5.33. The van der Waals surface area contributed by atoms with Crippen LogP contribution >= 0.6 is 0 Å². The van der Waals surface area contributed by atoms with Gasteiger partial charge >= 0.3 is 0 Å².